The molecule has 31 heavy (non-hydrogen) atoms. The van der Waals surface area contributed by atoms with E-state index in [1.54, 1.807) is 10.6 Å². The number of carbonyl (C=O) groups is 2. The summed E-state index contributed by atoms with van der Waals surface area (Å²) in [7, 11) is 0. The number of nitrogens with zero attached hydrogens (tertiary/aromatic N) is 2. The number of fused-ring (bicyclic) bond motifs is 2. The second-order valence-electron chi connectivity index (χ2n) is 8.11. The highest BCUT2D eigenvalue weighted by Crippen LogP contribution is 2.30. The zero-order valence-electron chi connectivity index (χ0n) is 18.1. The Bertz CT molecular complexity index is 1260. The van der Waals surface area contributed by atoms with Gasteiger partial charge in [0.1, 0.15) is 4.83 Å². The Morgan fingerprint density at radius 1 is 1.26 bits per heavy atom. The zero-order valence-corrected chi connectivity index (χ0v) is 19.7. The summed E-state index contributed by atoms with van der Waals surface area (Å²) in [6.45, 7) is 7.86. The number of amides is 1. The largest absolute Gasteiger partial charge is 0.326 e. The fourth-order valence-electron chi connectivity index (χ4n) is 3.81. The summed E-state index contributed by atoms with van der Waals surface area (Å²) >= 11 is 2.82. The maximum absolute atomic E-state index is 13.2. The van der Waals surface area contributed by atoms with E-state index in [1.807, 2.05) is 39.8 Å². The number of nitrogens with one attached hydrogen (secondary N) is 1. The number of anilines is 1. The lowest BCUT2D eigenvalue weighted by atomic mass is 10.0. The van der Waals surface area contributed by atoms with Crippen molar-refractivity contribution in [3.63, 3.8) is 0 Å². The minimum atomic E-state index is -0.0577. The highest BCUT2D eigenvalue weighted by molar-refractivity contribution is 7.99. The summed E-state index contributed by atoms with van der Waals surface area (Å²) in [5.41, 5.74) is 3.33. The Kier molecular flexibility index (Phi) is 6.03. The molecule has 0 radical (unpaired) electrons. The van der Waals surface area contributed by atoms with Gasteiger partial charge in [0, 0.05) is 28.6 Å². The number of aryl methyl sites for hydroxylation is 3. The molecular weight excluding hydrogens is 430 g/mol. The van der Waals surface area contributed by atoms with Crippen molar-refractivity contribution in [3.8, 4) is 0 Å². The molecule has 0 atom stereocenters. The van der Waals surface area contributed by atoms with Gasteiger partial charge in [-0.25, -0.2) is 4.98 Å². The number of Topliss-reactive ketones (excluding diaryl/α,β-unsaturated/α-hetero) is 1. The maximum atomic E-state index is 13.2. The predicted molar refractivity (Wildman–Crippen MR) is 127 cm³/mol. The minimum absolute atomic E-state index is 0.0144. The van der Waals surface area contributed by atoms with Gasteiger partial charge in [-0.1, -0.05) is 11.8 Å². The molecule has 8 heteroatoms. The van der Waals surface area contributed by atoms with E-state index in [-0.39, 0.29) is 29.0 Å². The summed E-state index contributed by atoms with van der Waals surface area (Å²) in [4.78, 5) is 44.4. The highest BCUT2D eigenvalue weighted by atomic mass is 32.2. The molecular formula is C23H25N3O3S2. The number of thiophene rings is 1. The molecule has 1 aliphatic heterocycles. The monoisotopic (exact) mass is 455 g/mol. The summed E-state index contributed by atoms with van der Waals surface area (Å²) in [5.74, 6) is 0.186. The first-order valence-electron chi connectivity index (χ1n) is 10.4. The number of hydrogen-bond acceptors (Lipinski definition) is 6. The van der Waals surface area contributed by atoms with Gasteiger partial charge in [0.2, 0.25) is 5.91 Å². The minimum Gasteiger partial charge on any atom is -0.326 e. The first-order valence-corrected chi connectivity index (χ1v) is 12.2. The van der Waals surface area contributed by atoms with Crippen LogP contribution in [0.25, 0.3) is 10.2 Å². The van der Waals surface area contributed by atoms with Crippen LogP contribution in [0.2, 0.25) is 0 Å². The van der Waals surface area contributed by atoms with Gasteiger partial charge in [-0.2, -0.15) is 0 Å². The molecule has 0 fully saturated rings. The van der Waals surface area contributed by atoms with Crippen molar-refractivity contribution in [2.75, 3.05) is 11.1 Å². The second-order valence-corrected chi connectivity index (χ2v) is 10.3. The molecule has 0 spiro atoms. The van der Waals surface area contributed by atoms with Crippen LogP contribution in [-0.4, -0.2) is 27.0 Å². The molecule has 0 bridgehead atoms. The van der Waals surface area contributed by atoms with Gasteiger partial charge in [0.15, 0.2) is 10.9 Å². The Hall–Kier alpha value is -2.45. The third kappa shape index (κ3) is 4.19. The number of rotatable bonds is 5. The van der Waals surface area contributed by atoms with Crippen molar-refractivity contribution >= 4 is 50.7 Å². The Balaban J connectivity index is 1.61. The number of benzene rings is 1. The molecule has 4 rings (SSSR count). The third-order valence-corrected chi connectivity index (χ3v) is 7.66. The van der Waals surface area contributed by atoms with Crippen LogP contribution in [0.4, 0.5) is 5.69 Å². The lowest BCUT2D eigenvalue weighted by Gasteiger charge is -2.15. The molecule has 0 aliphatic carbocycles. The molecule has 1 N–H and O–H groups in total. The van der Waals surface area contributed by atoms with Crippen LogP contribution in [0, 0.1) is 13.8 Å². The van der Waals surface area contributed by atoms with Gasteiger partial charge in [-0.05, 0) is 69.9 Å². The van der Waals surface area contributed by atoms with Crippen LogP contribution in [0.1, 0.15) is 59.1 Å². The van der Waals surface area contributed by atoms with Crippen molar-refractivity contribution < 1.29 is 9.59 Å². The average Bonchev–Trinajstić information content (AvgIpc) is 2.88. The van der Waals surface area contributed by atoms with Gasteiger partial charge in [-0.3, -0.25) is 19.0 Å². The Morgan fingerprint density at radius 2 is 2.03 bits per heavy atom. The summed E-state index contributed by atoms with van der Waals surface area (Å²) in [6.07, 6.45) is 2.04. The molecule has 162 valence electrons. The van der Waals surface area contributed by atoms with Gasteiger partial charge >= 0.3 is 0 Å². The van der Waals surface area contributed by atoms with E-state index in [1.165, 1.54) is 23.1 Å². The van der Waals surface area contributed by atoms with Crippen LogP contribution in [0.5, 0.6) is 0 Å². The fourth-order valence-corrected chi connectivity index (χ4v) is 5.90. The molecule has 0 saturated carbocycles. The molecule has 3 heterocycles. The van der Waals surface area contributed by atoms with E-state index < -0.39 is 0 Å². The summed E-state index contributed by atoms with van der Waals surface area (Å²) in [6, 6.07) is 5.38. The van der Waals surface area contributed by atoms with Crippen molar-refractivity contribution in [1.29, 1.82) is 0 Å². The van der Waals surface area contributed by atoms with Gasteiger partial charge in [0.05, 0.1) is 11.1 Å². The van der Waals surface area contributed by atoms with Crippen LogP contribution in [0.15, 0.2) is 28.2 Å². The van der Waals surface area contributed by atoms with Crippen molar-refractivity contribution in [2.24, 2.45) is 0 Å². The van der Waals surface area contributed by atoms with E-state index in [0.29, 0.717) is 22.5 Å². The van der Waals surface area contributed by atoms with Crippen molar-refractivity contribution in [2.45, 2.75) is 58.2 Å². The van der Waals surface area contributed by atoms with E-state index in [9.17, 15) is 14.4 Å². The molecule has 1 amide bonds. The second kappa shape index (κ2) is 8.59. The molecule has 0 unspecified atom stereocenters. The molecule has 6 nitrogen and oxygen atoms in total. The standard InChI is InChI=1S/C23H25N3O3S2/c1-12(2)26-22(29)20-13(3)14(4)31-21(20)25-23(26)30-11-18(27)16-8-9-17-15(10-16)6-5-7-19(28)24-17/h8-10,12H,5-7,11H2,1-4H3,(H,24,28). The number of carbonyl (C=O) groups excluding carboxylic acids is 2. The van der Waals surface area contributed by atoms with Crippen molar-refractivity contribution in [3.05, 3.63) is 50.1 Å². The normalized spacial score (nSPS) is 13.9. The smallest absolute Gasteiger partial charge is 0.263 e. The van der Waals surface area contributed by atoms with Crippen LogP contribution in [-0.2, 0) is 11.2 Å². The fraction of sp³-hybridized carbons (Fsp3) is 0.391. The van der Waals surface area contributed by atoms with E-state index >= 15 is 0 Å². The third-order valence-electron chi connectivity index (χ3n) is 5.60. The van der Waals surface area contributed by atoms with Crippen LogP contribution >= 0.6 is 23.1 Å². The summed E-state index contributed by atoms with van der Waals surface area (Å²) < 4.78 is 1.69. The highest BCUT2D eigenvalue weighted by Gasteiger charge is 2.20. The topological polar surface area (TPSA) is 81.1 Å². The van der Waals surface area contributed by atoms with Crippen LogP contribution in [0.3, 0.4) is 0 Å². The van der Waals surface area contributed by atoms with Crippen LogP contribution < -0.4 is 10.9 Å². The van der Waals surface area contributed by atoms with E-state index in [2.05, 4.69) is 5.32 Å². The number of aromatic nitrogens is 2. The predicted octanol–water partition coefficient (Wildman–Crippen LogP) is 4.91. The molecule has 1 aromatic carbocycles. The Morgan fingerprint density at radius 3 is 2.77 bits per heavy atom. The number of thioether (sulfide) groups is 1. The number of hydrogen-bond donors (Lipinski definition) is 1. The first kappa shape index (κ1) is 21.8. The van der Waals surface area contributed by atoms with E-state index in [0.717, 1.165) is 39.4 Å². The molecule has 0 saturated heterocycles. The number of ketones is 1. The average molecular weight is 456 g/mol. The van der Waals surface area contributed by atoms with Gasteiger partial charge in [-0.15, -0.1) is 11.3 Å². The molecule has 2 aromatic heterocycles. The molecule has 3 aromatic rings. The lowest BCUT2D eigenvalue weighted by Crippen LogP contribution is -2.25. The quantitative estimate of drug-likeness (QED) is 0.336. The van der Waals surface area contributed by atoms with Gasteiger partial charge < -0.3 is 5.32 Å². The SMILES string of the molecule is Cc1sc2nc(SCC(=O)c3ccc4c(c3)CCCC(=O)N4)n(C(C)C)c(=O)c2c1C. The van der Waals surface area contributed by atoms with Crippen molar-refractivity contribution in [1.82, 2.24) is 9.55 Å². The van der Waals surface area contributed by atoms with Gasteiger partial charge in [0.25, 0.3) is 5.56 Å². The first-order chi connectivity index (χ1) is 14.8. The maximum Gasteiger partial charge on any atom is 0.263 e. The molecule has 1 aliphatic rings. The summed E-state index contributed by atoms with van der Waals surface area (Å²) in [5, 5.41) is 4.15. The Labute approximate surface area is 189 Å². The zero-order chi connectivity index (χ0) is 22.3. The van der Waals surface area contributed by atoms with E-state index in [4.69, 9.17) is 4.98 Å². The lowest BCUT2D eigenvalue weighted by molar-refractivity contribution is -0.116.